The largest absolute Gasteiger partial charge is 0.368 e. The summed E-state index contributed by atoms with van der Waals surface area (Å²) in [6.07, 6.45) is 0. The van der Waals surface area contributed by atoms with Gasteiger partial charge >= 0.3 is 0 Å². The van der Waals surface area contributed by atoms with Gasteiger partial charge in [0.15, 0.2) is 0 Å². The molecule has 0 radical (unpaired) electrons. The van der Waals surface area contributed by atoms with Gasteiger partial charge in [-0.1, -0.05) is 45.7 Å². The second-order valence-corrected chi connectivity index (χ2v) is 6.15. The van der Waals surface area contributed by atoms with Gasteiger partial charge in [0.05, 0.1) is 6.04 Å². The van der Waals surface area contributed by atoms with E-state index in [1.54, 1.807) is 0 Å². The van der Waals surface area contributed by atoms with E-state index in [-0.39, 0.29) is 6.04 Å². The zero-order valence-electron chi connectivity index (χ0n) is 11.6. The highest BCUT2D eigenvalue weighted by molar-refractivity contribution is 9.10. The van der Waals surface area contributed by atoms with Crippen LogP contribution >= 0.6 is 27.5 Å². The number of anilines is 1. The van der Waals surface area contributed by atoms with Crippen LogP contribution in [0, 0.1) is 0 Å². The molecule has 2 aromatic carbocycles. The molecule has 1 atom stereocenters. The first kappa shape index (κ1) is 15.4. The topological polar surface area (TPSA) is 29.3 Å². The van der Waals surface area contributed by atoms with E-state index in [0.29, 0.717) is 6.54 Å². The molecule has 0 bridgehead atoms. The Morgan fingerprint density at radius 3 is 2.60 bits per heavy atom. The maximum Gasteiger partial charge on any atom is 0.0525 e. The molecular formula is C16H18BrClN2. The Kier molecular flexibility index (Phi) is 5.08. The van der Waals surface area contributed by atoms with Gasteiger partial charge in [-0.3, -0.25) is 0 Å². The Balaban J connectivity index is 2.33. The van der Waals surface area contributed by atoms with Crippen LogP contribution in [0.25, 0.3) is 0 Å². The zero-order valence-corrected chi connectivity index (χ0v) is 13.9. The summed E-state index contributed by atoms with van der Waals surface area (Å²) in [6.45, 7) is 2.67. The molecule has 0 heterocycles. The van der Waals surface area contributed by atoms with Gasteiger partial charge in [0.25, 0.3) is 0 Å². The van der Waals surface area contributed by atoms with Crippen LogP contribution in [0.4, 0.5) is 5.69 Å². The third kappa shape index (κ3) is 3.35. The van der Waals surface area contributed by atoms with Gasteiger partial charge in [-0.15, -0.1) is 0 Å². The van der Waals surface area contributed by atoms with Gasteiger partial charge in [0.1, 0.15) is 0 Å². The summed E-state index contributed by atoms with van der Waals surface area (Å²) in [6, 6.07) is 14.4. The van der Waals surface area contributed by atoms with Crippen LogP contribution in [0.15, 0.2) is 46.9 Å². The lowest BCUT2D eigenvalue weighted by atomic mass is 10.1. The molecule has 1 unspecified atom stereocenters. The van der Waals surface area contributed by atoms with E-state index in [1.807, 2.05) is 24.3 Å². The maximum atomic E-state index is 6.28. The second kappa shape index (κ2) is 6.61. The van der Waals surface area contributed by atoms with E-state index >= 15 is 0 Å². The van der Waals surface area contributed by atoms with Gasteiger partial charge in [-0.05, 0) is 42.3 Å². The molecule has 2 rings (SSSR count). The number of nitrogens with zero attached hydrogens (tertiary/aromatic N) is 1. The van der Waals surface area contributed by atoms with Crippen molar-refractivity contribution in [3.63, 3.8) is 0 Å². The van der Waals surface area contributed by atoms with Crippen LogP contribution in [0.1, 0.15) is 24.1 Å². The number of halogens is 2. The molecule has 0 saturated heterocycles. The number of hydrogen-bond donors (Lipinski definition) is 1. The lowest BCUT2D eigenvalue weighted by Crippen LogP contribution is -2.22. The van der Waals surface area contributed by atoms with E-state index < -0.39 is 0 Å². The normalized spacial score (nSPS) is 12.2. The first-order valence-electron chi connectivity index (χ1n) is 6.49. The maximum absolute atomic E-state index is 6.28. The van der Waals surface area contributed by atoms with E-state index in [2.05, 4.69) is 53.0 Å². The van der Waals surface area contributed by atoms with E-state index in [9.17, 15) is 0 Å². The highest BCUT2D eigenvalue weighted by Crippen LogP contribution is 2.31. The minimum atomic E-state index is 0.184. The Hall–Kier alpha value is -1.03. The summed E-state index contributed by atoms with van der Waals surface area (Å²) < 4.78 is 1.04. The van der Waals surface area contributed by atoms with Crippen LogP contribution in [0.2, 0.25) is 5.02 Å². The minimum Gasteiger partial charge on any atom is -0.368 e. The molecule has 0 aromatic heterocycles. The third-order valence-electron chi connectivity index (χ3n) is 3.52. The minimum absolute atomic E-state index is 0.184. The number of benzene rings is 2. The molecule has 0 saturated carbocycles. The monoisotopic (exact) mass is 352 g/mol. The summed E-state index contributed by atoms with van der Waals surface area (Å²) in [4.78, 5) is 2.20. The fraction of sp³-hybridized carbons (Fsp3) is 0.250. The summed E-state index contributed by atoms with van der Waals surface area (Å²) in [7, 11) is 2.07. The highest BCUT2D eigenvalue weighted by Gasteiger charge is 2.15. The van der Waals surface area contributed by atoms with Crippen molar-refractivity contribution >= 4 is 33.2 Å². The van der Waals surface area contributed by atoms with E-state index in [1.165, 1.54) is 0 Å². The molecule has 0 aliphatic rings. The van der Waals surface area contributed by atoms with Gasteiger partial charge in [-0.2, -0.15) is 0 Å². The van der Waals surface area contributed by atoms with Crippen molar-refractivity contribution in [2.24, 2.45) is 5.73 Å². The van der Waals surface area contributed by atoms with Crippen LogP contribution in [0.5, 0.6) is 0 Å². The molecule has 2 nitrogen and oxygen atoms in total. The molecule has 0 amide bonds. The predicted octanol–water partition coefficient (Wildman–Crippen LogP) is 4.76. The molecule has 0 aliphatic heterocycles. The Bertz CT molecular complexity index is 601. The third-order valence-corrected chi connectivity index (χ3v) is 4.32. The zero-order chi connectivity index (χ0) is 14.7. The van der Waals surface area contributed by atoms with Crippen molar-refractivity contribution < 1.29 is 0 Å². The van der Waals surface area contributed by atoms with Crippen LogP contribution < -0.4 is 10.6 Å². The fourth-order valence-corrected chi connectivity index (χ4v) is 3.02. The molecular weight excluding hydrogens is 336 g/mol. The summed E-state index contributed by atoms with van der Waals surface area (Å²) in [5.74, 6) is 0. The Morgan fingerprint density at radius 2 is 1.95 bits per heavy atom. The van der Waals surface area contributed by atoms with Gasteiger partial charge in [0, 0.05) is 28.8 Å². The van der Waals surface area contributed by atoms with Crippen LogP contribution in [0.3, 0.4) is 0 Å². The fourth-order valence-electron chi connectivity index (χ4n) is 2.20. The average molecular weight is 354 g/mol. The smallest absolute Gasteiger partial charge is 0.0525 e. The van der Waals surface area contributed by atoms with Crippen molar-refractivity contribution in [1.82, 2.24) is 0 Å². The summed E-state index contributed by atoms with van der Waals surface area (Å²) in [5, 5.41) is 0.792. The first-order chi connectivity index (χ1) is 9.52. The number of nitrogens with two attached hydrogens (primary N) is 1. The summed E-state index contributed by atoms with van der Waals surface area (Å²) >= 11 is 9.82. The lowest BCUT2D eigenvalue weighted by molar-refractivity contribution is 0.739. The molecule has 0 spiro atoms. The van der Waals surface area contributed by atoms with Crippen molar-refractivity contribution in [2.75, 3.05) is 11.9 Å². The molecule has 0 fully saturated rings. The SMILES string of the molecule is CC(c1ccccc1Cl)N(C)c1cc(Br)cc(CN)c1. The van der Waals surface area contributed by atoms with Crippen LogP contribution in [-0.2, 0) is 6.54 Å². The van der Waals surface area contributed by atoms with E-state index in [0.717, 1.165) is 26.3 Å². The Labute approximate surface area is 133 Å². The van der Waals surface area contributed by atoms with Gasteiger partial charge < -0.3 is 10.6 Å². The quantitative estimate of drug-likeness (QED) is 0.858. The van der Waals surface area contributed by atoms with Crippen molar-refractivity contribution in [3.8, 4) is 0 Å². The average Bonchev–Trinajstić information content (AvgIpc) is 2.45. The van der Waals surface area contributed by atoms with E-state index in [4.69, 9.17) is 17.3 Å². The van der Waals surface area contributed by atoms with Crippen LogP contribution in [-0.4, -0.2) is 7.05 Å². The van der Waals surface area contributed by atoms with Crippen molar-refractivity contribution in [2.45, 2.75) is 19.5 Å². The van der Waals surface area contributed by atoms with Gasteiger partial charge in [0.2, 0.25) is 0 Å². The predicted molar refractivity (Wildman–Crippen MR) is 90.3 cm³/mol. The van der Waals surface area contributed by atoms with Crippen molar-refractivity contribution in [1.29, 1.82) is 0 Å². The first-order valence-corrected chi connectivity index (χ1v) is 7.67. The van der Waals surface area contributed by atoms with Gasteiger partial charge in [-0.25, -0.2) is 0 Å². The number of rotatable bonds is 4. The molecule has 4 heteroatoms. The van der Waals surface area contributed by atoms with Crippen molar-refractivity contribution in [3.05, 3.63) is 63.1 Å². The Morgan fingerprint density at radius 1 is 1.25 bits per heavy atom. The molecule has 20 heavy (non-hydrogen) atoms. The number of hydrogen-bond acceptors (Lipinski definition) is 2. The summed E-state index contributed by atoms with van der Waals surface area (Å²) in [5.41, 5.74) is 9.08. The molecule has 106 valence electrons. The highest BCUT2D eigenvalue weighted by atomic mass is 79.9. The molecule has 2 aromatic rings. The lowest BCUT2D eigenvalue weighted by Gasteiger charge is -2.28. The second-order valence-electron chi connectivity index (χ2n) is 4.83. The molecule has 0 aliphatic carbocycles. The standard InChI is InChI=1S/C16H18BrClN2/c1-11(15-5-3-4-6-16(15)18)20(2)14-8-12(10-19)7-13(17)9-14/h3-9,11H,10,19H2,1-2H3. The molecule has 2 N–H and O–H groups in total.